The molecular formula is C9H10N4O3. The van der Waals surface area contributed by atoms with Gasteiger partial charge in [-0.3, -0.25) is 14.9 Å². The number of rotatable bonds is 2. The Bertz CT molecular complexity index is 478. The Morgan fingerprint density at radius 1 is 1.44 bits per heavy atom. The summed E-state index contributed by atoms with van der Waals surface area (Å²) in [4.78, 5) is 24.9. The van der Waals surface area contributed by atoms with E-state index in [1.165, 1.54) is 25.1 Å². The number of guanidine groups is 1. The summed E-state index contributed by atoms with van der Waals surface area (Å²) in [6.45, 7) is 1.47. The van der Waals surface area contributed by atoms with Crippen LogP contribution in [0.3, 0.4) is 0 Å². The van der Waals surface area contributed by atoms with Gasteiger partial charge in [0.15, 0.2) is 5.96 Å². The van der Waals surface area contributed by atoms with Crippen LogP contribution in [0, 0.1) is 17.0 Å². The van der Waals surface area contributed by atoms with E-state index in [0.717, 1.165) is 0 Å². The van der Waals surface area contributed by atoms with Crippen molar-refractivity contribution in [3.8, 4) is 0 Å². The highest BCUT2D eigenvalue weighted by molar-refractivity contribution is 6.03. The number of carbonyl (C=O) groups excluding carboxylic acids is 1. The largest absolute Gasteiger partial charge is 0.370 e. The third-order valence-electron chi connectivity index (χ3n) is 1.96. The van der Waals surface area contributed by atoms with Gasteiger partial charge < -0.3 is 11.5 Å². The summed E-state index contributed by atoms with van der Waals surface area (Å²) in [5.41, 5.74) is 10.3. The number of hydrogen-bond acceptors (Lipinski definition) is 3. The molecule has 0 aromatic heterocycles. The van der Waals surface area contributed by atoms with Crippen molar-refractivity contribution >= 4 is 17.6 Å². The van der Waals surface area contributed by atoms with Gasteiger partial charge in [0.1, 0.15) is 0 Å². The zero-order valence-corrected chi connectivity index (χ0v) is 8.51. The molecule has 0 spiro atoms. The van der Waals surface area contributed by atoms with Gasteiger partial charge in [-0.2, -0.15) is 4.99 Å². The molecule has 0 saturated heterocycles. The zero-order valence-electron chi connectivity index (χ0n) is 8.51. The number of aliphatic imine (C=N–C) groups is 1. The topological polar surface area (TPSA) is 125 Å². The molecule has 0 bridgehead atoms. The van der Waals surface area contributed by atoms with E-state index in [0.29, 0.717) is 0 Å². The summed E-state index contributed by atoms with van der Waals surface area (Å²) in [5, 5.41) is 10.6. The number of hydrogen-bond donors (Lipinski definition) is 2. The molecule has 0 heterocycles. The molecule has 1 aromatic rings. The van der Waals surface area contributed by atoms with Crippen molar-refractivity contribution in [2.45, 2.75) is 6.92 Å². The fourth-order valence-corrected chi connectivity index (χ4v) is 1.23. The molecule has 0 aliphatic rings. The van der Waals surface area contributed by atoms with Crippen molar-refractivity contribution in [3.63, 3.8) is 0 Å². The Morgan fingerprint density at radius 2 is 2.06 bits per heavy atom. The second-order valence-electron chi connectivity index (χ2n) is 3.05. The number of benzene rings is 1. The monoisotopic (exact) mass is 222 g/mol. The van der Waals surface area contributed by atoms with E-state index < -0.39 is 10.8 Å². The number of amides is 1. The lowest BCUT2D eigenvalue weighted by molar-refractivity contribution is -0.385. The van der Waals surface area contributed by atoms with Crippen molar-refractivity contribution in [2.24, 2.45) is 16.5 Å². The maximum Gasteiger partial charge on any atom is 0.280 e. The molecule has 0 atom stereocenters. The summed E-state index contributed by atoms with van der Waals surface area (Å²) in [6, 6.07) is 4.14. The molecule has 0 fully saturated rings. The summed E-state index contributed by atoms with van der Waals surface area (Å²) in [7, 11) is 0. The molecule has 4 N–H and O–H groups in total. The van der Waals surface area contributed by atoms with Crippen LogP contribution < -0.4 is 11.5 Å². The minimum atomic E-state index is -0.693. The van der Waals surface area contributed by atoms with Gasteiger partial charge in [0.25, 0.3) is 11.6 Å². The Kier molecular flexibility index (Phi) is 3.19. The van der Waals surface area contributed by atoms with Crippen molar-refractivity contribution in [3.05, 3.63) is 39.4 Å². The van der Waals surface area contributed by atoms with Crippen LogP contribution in [0.2, 0.25) is 0 Å². The molecule has 0 saturated carbocycles. The van der Waals surface area contributed by atoms with E-state index in [1.54, 1.807) is 0 Å². The predicted molar refractivity (Wildman–Crippen MR) is 58.0 cm³/mol. The number of nitro benzene ring substituents is 1. The van der Waals surface area contributed by atoms with Crippen molar-refractivity contribution in [1.29, 1.82) is 0 Å². The van der Waals surface area contributed by atoms with E-state index in [1.807, 2.05) is 0 Å². The Hall–Kier alpha value is -2.44. The van der Waals surface area contributed by atoms with Crippen LogP contribution in [-0.4, -0.2) is 16.8 Å². The van der Waals surface area contributed by atoms with Gasteiger partial charge in [-0.25, -0.2) is 0 Å². The summed E-state index contributed by atoms with van der Waals surface area (Å²) in [6.07, 6.45) is 0. The lowest BCUT2D eigenvalue weighted by Crippen LogP contribution is -2.24. The molecule has 16 heavy (non-hydrogen) atoms. The van der Waals surface area contributed by atoms with Crippen LogP contribution in [0.1, 0.15) is 15.9 Å². The highest BCUT2D eigenvalue weighted by Crippen LogP contribution is 2.21. The normalized spacial score (nSPS) is 9.56. The number of nitrogens with two attached hydrogens (primary N) is 2. The standard InChI is InChI=1S/C9H10N4O3/c1-5-6(8(14)12-9(10)11)3-2-4-7(5)13(15)16/h2-4H,1H3,(H4,10,11,12,14). The van der Waals surface area contributed by atoms with Crippen LogP contribution in [0.25, 0.3) is 0 Å². The predicted octanol–water partition coefficient (Wildman–Crippen LogP) is 0.317. The first-order chi connectivity index (χ1) is 7.43. The average Bonchev–Trinajstić information content (AvgIpc) is 2.16. The molecule has 1 amide bonds. The third-order valence-corrected chi connectivity index (χ3v) is 1.96. The van der Waals surface area contributed by atoms with Crippen molar-refractivity contribution in [1.82, 2.24) is 0 Å². The average molecular weight is 222 g/mol. The molecule has 84 valence electrons. The smallest absolute Gasteiger partial charge is 0.280 e. The third kappa shape index (κ3) is 2.32. The van der Waals surface area contributed by atoms with E-state index in [4.69, 9.17) is 11.5 Å². The zero-order chi connectivity index (χ0) is 12.3. The molecule has 1 rings (SSSR count). The van der Waals surface area contributed by atoms with Crippen molar-refractivity contribution in [2.75, 3.05) is 0 Å². The highest BCUT2D eigenvalue weighted by Gasteiger charge is 2.17. The molecule has 0 aliphatic heterocycles. The fraction of sp³-hybridized carbons (Fsp3) is 0.111. The first-order valence-electron chi connectivity index (χ1n) is 4.31. The molecule has 7 nitrogen and oxygen atoms in total. The first kappa shape index (κ1) is 11.6. The molecule has 0 aliphatic carbocycles. The summed E-state index contributed by atoms with van der Waals surface area (Å²) >= 11 is 0. The van der Waals surface area contributed by atoms with Crippen LogP contribution in [0.15, 0.2) is 23.2 Å². The molecule has 7 heteroatoms. The molecule has 0 radical (unpaired) electrons. The van der Waals surface area contributed by atoms with Gasteiger partial charge in [0, 0.05) is 11.6 Å². The second-order valence-corrected chi connectivity index (χ2v) is 3.05. The summed E-state index contributed by atoms with van der Waals surface area (Å²) in [5.74, 6) is -1.07. The van der Waals surface area contributed by atoms with Gasteiger partial charge in [-0.15, -0.1) is 0 Å². The summed E-state index contributed by atoms with van der Waals surface area (Å²) < 4.78 is 0. The Morgan fingerprint density at radius 3 is 2.56 bits per heavy atom. The quantitative estimate of drug-likeness (QED) is 0.322. The maximum atomic E-state index is 11.5. The van der Waals surface area contributed by atoms with Gasteiger partial charge >= 0.3 is 0 Å². The van der Waals surface area contributed by atoms with Gasteiger partial charge in [-0.1, -0.05) is 6.07 Å². The molecular weight excluding hydrogens is 212 g/mol. The SMILES string of the molecule is Cc1c(C(=O)N=C(N)N)cccc1[N+](=O)[O-]. The maximum absolute atomic E-state index is 11.5. The van der Waals surface area contributed by atoms with E-state index in [2.05, 4.69) is 4.99 Å². The Labute approximate surface area is 90.9 Å². The van der Waals surface area contributed by atoms with Gasteiger partial charge in [0.2, 0.25) is 0 Å². The minimum absolute atomic E-state index is 0.114. The van der Waals surface area contributed by atoms with E-state index in [-0.39, 0.29) is 22.8 Å². The number of nitrogens with zero attached hydrogens (tertiary/aromatic N) is 2. The highest BCUT2D eigenvalue weighted by atomic mass is 16.6. The fourth-order valence-electron chi connectivity index (χ4n) is 1.23. The lowest BCUT2D eigenvalue weighted by atomic mass is 10.1. The van der Waals surface area contributed by atoms with E-state index in [9.17, 15) is 14.9 Å². The van der Waals surface area contributed by atoms with Crippen LogP contribution in [0.4, 0.5) is 5.69 Å². The van der Waals surface area contributed by atoms with Crippen LogP contribution >= 0.6 is 0 Å². The second kappa shape index (κ2) is 4.39. The van der Waals surface area contributed by atoms with Crippen LogP contribution in [-0.2, 0) is 0 Å². The number of nitro groups is 1. The molecule has 0 unspecified atom stereocenters. The van der Waals surface area contributed by atoms with Gasteiger partial charge in [0.05, 0.1) is 10.5 Å². The van der Waals surface area contributed by atoms with Gasteiger partial charge in [-0.05, 0) is 13.0 Å². The minimum Gasteiger partial charge on any atom is -0.370 e. The number of carbonyl (C=O) groups is 1. The molecule has 1 aromatic carbocycles. The Balaban J connectivity index is 3.26. The lowest BCUT2D eigenvalue weighted by Gasteiger charge is -2.01. The van der Waals surface area contributed by atoms with E-state index >= 15 is 0 Å². The van der Waals surface area contributed by atoms with Crippen molar-refractivity contribution < 1.29 is 9.72 Å². The van der Waals surface area contributed by atoms with Crippen LogP contribution in [0.5, 0.6) is 0 Å². The first-order valence-corrected chi connectivity index (χ1v) is 4.31.